The van der Waals surface area contributed by atoms with Gasteiger partial charge in [0.05, 0.1) is 20.3 Å². The van der Waals surface area contributed by atoms with Gasteiger partial charge in [0.15, 0.2) is 0 Å². The molecule has 0 saturated heterocycles. The van der Waals surface area contributed by atoms with Gasteiger partial charge in [0.1, 0.15) is 5.75 Å². The molecule has 2 aromatic carbocycles. The summed E-state index contributed by atoms with van der Waals surface area (Å²) in [5, 5.41) is 41.2. The van der Waals surface area contributed by atoms with Crippen molar-refractivity contribution in [2.45, 2.75) is 13.2 Å². The Balaban J connectivity index is 1.97. The Hall–Kier alpha value is -2.72. The summed E-state index contributed by atoms with van der Waals surface area (Å²) >= 11 is 0. The van der Waals surface area contributed by atoms with E-state index in [0.29, 0.717) is 39.3 Å². The highest BCUT2D eigenvalue weighted by molar-refractivity contribution is 6.58. The van der Waals surface area contributed by atoms with Crippen LogP contribution in [0.25, 0.3) is 22.8 Å². The lowest BCUT2D eigenvalue weighted by Crippen LogP contribution is -2.29. The third-order valence-electron chi connectivity index (χ3n) is 3.99. The van der Waals surface area contributed by atoms with Crippen LogP contribution in [-0.2, 0) is 13.2 Å². The average Bonchev–Trinajstić information content (AvgIpc) is 3.17. The fraction of sp³-hybridized carbons (Fsp3) is 0.176. The lowest BCUT2D eigenvalue weighted by molar-refractivity contribution is 0.254. The highest BCUT2D eigenvalue weighted by Crippen LogP contribution is 2.31. The van der Waals surface area contributed by atoms with Crippen molar-refractivity contribution in [2.24, 2.45) is 0 Å². The lowest BCUT2D eigenvalue weighted by atomic mass is 9.80. The number of aromatic nitrogens is 2. The SMILES string of the molecule is COc1cc(-c2nc(-c3ccc(B(O)O)cc3)no2)cc(CO)c1CO. The first-order chi connectivity index (χ1) is 12.6. The molecule has 4 N–H and O–H groups in total. The van der Waals surface area contributed by atoms with Crippen molar-refractivity contribution in [1.29, 1.82) is 0 Å². The molecule has 0 saturated carbocycles. The number of hydrogen-bond donors (Lipinski definition) is 4. The van der Waals surface area contributed by atoms with Gasteiger partial charge in [-0.05, 0) is 23.2 Å². The van der Waals surface area contributed by atoms with E-state index in [1.165, 1.54) is 7.11 Å². The van der Waals surface area contributed by atoms with E-state index in [1.54, 1.807) is 36.4 Å². The fourth-order valence-electron chi connectivity index (χ4n) is 2.59. The Kier molecular flexibility index (Phi) is 5.33. The molecule has 8 nitrogen and oxygen atoms in total. The Labute approximate surface area is 149 Å². The van der Waals surface area contributed by atoms with E-state index in [0.717, 1.165) is 0 Å². The van der Waals surface area contributed by atoms with Gasteiger partial charge in [0, 0.05) is 16.7 Å². The molecule has 26 heavy (non-hydrogen) atoms. The van der Waals surface area contributed by atoms with E-state index < -0.39 is 7.12 Å². The summed E-state index contributed by atoms with van der Waals surface area (Å²) in [5.41, 5.74) is 2.55. The molecule has 0 atom stereocenters. The molecular weight excluding hydrogens is 339 g/mol. The quantitative estimate of drug-likeness (QED) is 0.457. The van der Waals surface area contributed by atoms with Crippen LogP contribution in [0.3, 0.4) is 0 Å². The monoisotopic (exact) mass is 356 g/mol. The maximum absolute atomic E-state index is 9.52. The van der Waals surface area contributed by atoms with Crippen LogP contribution in [0.1, 0.15) is 11.1 Å². The van der Waals surface area contributed by atoms with Crippen LogP contribution in [0.15, 0.2) is 40.9 Å². The third-order valence-corrected chi connectivity index (χ3v) is 3.99. The highest BCUT2D eigenvalue weighted by Gasteiger charge is 2.17. The van der Waals surface area contributed by atoms with Gasteiger partial charge in [0.25, 0.3) is 5.89 Å². The molecule has 0 amide bonds. The predicted octanol–water partition coefficient (Wildman–Crippen LogP) is 0.0766. The summed E-state index contributed by atoms with van der Waals surface area (Å²) in [6, 6.07) is 9.71. The van der Waals surface area contributed by atoms with E-state index >= 15 is 0 Å². The van der Waals surface area contributed by atoms with Gasteiger partial charge in [-0.2, -0.15) is 4.98 Å². The molecule has 0 radical (unpaired) electrons. The summed E-state index contributed by atoms with van der Waals surface area (Å²) in [6.07, 6.45) is 0. The molecule has 0 spiro atoms. The minimum atomic E-state index is -1.54. The molecule has 0 aliphatic carbocycles. The maximum Gasteiger partial charge on any atom is 0.488 e. The van der Waals surface area contributed by atoms with Crippen molar-refractivity contribution in [2.75, 3.05) is 7.11 Å². The molecular formula is C17H17BN2O6. The fourth-order valence-corrected chi connectivity index (χ4v) is 2.59. The zero-order valence-electron chi connectivity index (χ0n) is 14.0. The Bertz CT molecular complexity index is 870. The molecule has 0 fully saturated rings. The molecule has 134 valence electrons. The summed E-state index contributed by atoms with van der Waals surface area (Å²) in [4.78, 5) is 4.33. The number of aliphatic hydroxyl groups is 2. The second-order valence-electron chi connectivity index (χ2n) is 5.55. The van der Waals surface area contributed by atoms with Gasteiger partial charge in [-0.1, -0.05) is 29.4 Å². The maximum atomic E-state index is 9.52. The molecule has 1 aromatic heterocycles. The first-order valence-corrected chi connectivity index (χ1v) is 7.79. The van der Waals surface area contributed by atoms with Crippen LogP contribution in [0, 0.1) is 0 Å². The minimum absolute atomic E-state index is 0.226. The van der Waals surface area contributed by atoms with E-state index in [9.17, 15) is 10.2 Å². The van der Waals surface area contributed by atoms with Crippen LogP contribution in [-0.4, -0.2) is 44.6 Å². The normalized spacial score (nSPS) is 10.8. The molecule has 0 bridgehead atoms. The van der Waals surface area contributed by atoms with Crippen LogP contribution >= 0.6 is 0 Å². The molecule has 1 heterocycles. The topological polar surface area (TPSA) is 129 Å². The van der Waals surface area contributed by atoms with Gasteiger partial charge in [-0.15, -0.1) is 0 Å². The largest absolute Gasteiger partial charge is 0.496 e. The zero-order valence-corrected chi connectivity index (χ0v) is 14.0. The average molecular weight is 356 g/mol. The number of ether oxygens (including phenoxy) is 1. The smallest absolute Gasteiger partial charge is 0.488 e. The van der Waals surface area contributed by atoms with Crippen molar-refractivity contribution < 1.29 is 29.5 Å². The first-order valence-electron chi connectivity index (χ1n) is 7.79. The minimum Gasteiger partial charge on any atom is -0.496 e. The van der Waals surface area contributed by atoms with Crippen molar-refractivity contribution in [1.82, 2.24) is 10.1 Å². The van der Waals surface area contributed by atoms with Crippen LogP contribution < -0.4 is 10.2 Å². The van der Waals surface area contributed by atoms with Crippen molar-refractivity contribution in [3.63, 3.8) is 0 Å². The van der Waals surface area contributed by atoms with Crippen molar-refractivity contribution >= 4 is 12.6 Å². The lowest BCUT2D eigenvalue weighted by Gasteiger charge is -2.11. The molecule has 3 aromatic rings. The summed E-state index contributed by atoms with van der Waals surface area (Å²) in [7, 11) is -0.0743. The summed E-state index contributed by atoms with van der Waals surface area (Å²) in [6.45, 7) is -0.538. The van der Waals surface area contributed by atoms with Crippen LogP contribution in [0.5, 0.6) is 5.75 Å². The van der Waals surface area contributed by atoms with Gasteiger partial charge < -0.3 is 29.5 Å². The number of rotatable bonds is 6. The van der Waals surface area contributed by atoms with E-state index in [4.69, 9.17) is 19.3 Å². The Morgan fingerprint density at radius 1 is 1.04 bits per heavy atom. The predicted molar refractivity (Wildman–Crippen MR) is 93.4 cm³/mol. The zero-order chi connectivity index (χ0) is 18.7. The first kappa shape index (κ1) is 18.1. The van der Waals surface area contributed by atoms with E-state index in [2.05, 4.69) is 10.1 Å². The van der Waals surface area contributed by atoms with Gasteiger partial charge in [-0.3, -0.25) is 0 Å². The molecule has 3 rings (SSSR count). The molecule has 0 aliphatic heterocycles. The summed E-state index contributed by atoms with van der Waals surface area (Å²) < 4.78 is 10.6. The third kappa shape index (κ3) is 3.46. The van der Waals surface area contributed by atoms with Crippen molar-refractivity contribution in [3.8, 4) is 28.6 Å². The molecule has 9 heteroatoms. The Morgan fingerprint density at radius 3 is 2.35 bits per heavy atom. The number of methoxy groups -OCH3 is 1. The molecule has 0 aliphatic rings. The van der Waals surface area contributed by atoms with Crippen molar-refractivity contribution in [3.05, 3.63) is 47.5 Å². The van der Waals surface area contributed by atoms with E-state index in [1.807, 2.05) is 0 Å². The van der Waals surface area contributed by atoms with E-state index in [-0.39, 0.29) is 19.1 Å². The highest BCUT2D eigenvalue weighted by atomic mass is 16.5. The van der Waals surface area contributed by atoms with Crippen LogP contribution in [0.2, 0.25) is 0 Å². The van der Waals surface area contributed by atoms with Crippen LogP contribution in [0.4, 0.5) is 0 Å². The Morgan fingerprint density at radius 2 is 1.77 bits per heavy atom. The number of benzene rings is 2. The number of nitrogens with zero attached hydrogens (tertiary/aromatic N) is 2. The second kappa shape index (κ2) is 7.67. The standard InChI is InChI=1S/C17H17BN2O6/c1-25-15-7-11(6-12(8-21)14(15)9-22)17-19-16(20-26-17)10-2-4-13(5-3-10)18(23)24/h2-7,21-24H,8-9H2,1H3. The second-order valence-corrected chi connectivity index (χ2v) is 5.55. The summed E-state index contributed by atoms with van der Waals surface area (Å²) in [5.74, 6) is 0.966. The number of hydrogen-bond acceptors (Lipinski definition) is 8. The molecule has 0 unspecified atom stereocenters. The van der Waals surface area contributed by atoms with Gasteiger partial charge >= 0.3 is 7.12 Å². The van der Waals surface area contributed by atoms with Gasteiger partial charge in [-0.25, -0.2) is 0 Å². The van der Waals surface area contributed by atoms with Gasteiger partial charge in [0.2, 0.25) is 5.82 Å². The number of aliphatic hydroxyl groups excluding tert-OH is 2.